The molecule has 2 N–H and O–H groups in total. The van der Waals surface area contributed by atoms with Crippen molar-refractivity contribution in [3.8, 4) is 11.4 Å². The summed E-state index contributed by atoms with van der Waals surface area (Å²) < 4.78 is 1.07. The van der Waals surface area contributed by atoms with Gasteiger partial charge in [0.25, 0.3) is 11.5 Å². The Morgan fingerprint density at radius 3 is 2.60 bits per heavy atom. The minimum atomic E-state index is -0.656. The van der Waals surface area contributed by atoms with Crippen molar-refractivity contribution in [3.63, 3.8) is 0 Å². The summed E-state index contributed by atoms with van der Waals surface area (Å²) in [6.07, 6.45) is 1.56. The number of aromatic nitrogens is 3. The van der Waals surface area contributed by atoms with E-state index in [0.717, 1.165) is 21.9 Å². The Morgan fingerprint density at radius 2 is 1.88 bits per heavy atom. The number of aromatic hydroxyl groups is 1. The summed E-state index contributed by atoms with van der Waals surface area (Å²) in [7, 11) is 0. The summed E-state index contributed by atoms with van der Waals surface area (Å²) >= 11 is 0. The van der Waals surface area contributed by atoms with Crippen LogP contribution in [0.2, 0.25) is 0 Å². The van der Waals surface area contributed by atoms with Gasteiger partial charge in [0.2, 0.25) is 0 Å². The monoisotopic (exact) mass is 336 g/mol. The van der Waals surface area contributed by atoms with Crippen molar-refractivity contribution in [2.24, 2.45) is 0 Å². The molecule has 0 bridgehead atoms. The van der Waals surface area contributed by atoms with Gasteiger partial charge in [-0.2, -0.15) is 9.78 Å². The zero-order valence-corrected chi connectivity index (χ0v) is 13.7. The average molecular weight is 336 g/mol. The number of anilines is 1. The van der Waals surface area contributed by atoms with E-state index in [1.165, 1.54) is 0 Å². The molecule has 0 saturated heterocycles. The van der Waals surface area contributed by atoms with Gasteiger partial charge in [0.05, 0.1) is 5.69 Å². The zero-order valence-electron chi connectivity index (χ0n) is 13.7. The Bertz CT molecular complexity index is 1010. The molecule has 0 saturated carbocycles. The second kappa shape index (κ2) is 6.56. The molecule has 0 atom stereocenters. The van der Waals surface area contributed by atoms with E-state index >= 15 is 0 Å². The zero-order chi connectivity index (χ0) is 18.0. The van der Waals surface area contributed by atoms with Crippen LogP contribution in [0, 0.1) is 13.8 Å². The fourth-order valence-corrected chi connectivity index (χ4v) is 2.33. The number of carbonyl (C=O) groups excluding carboxylic acids is 1. The quantitative estimate of drug-likeness (QED) is 0.764. The molecule has 7 nitrogen and oxygen atoms in total. The molecule has 0 unspecified atom stereocenters. The van der Waals surface area contributed by atoms with Crippen LogP contribution in [0.5, 0.6) is 5.75 Å². The van der Waals surface area contributed by atoms with Crippen molar-refractivity contribution in [1.82, 2.24) is 14.8 Å². The van der Waals surface area contributed by atoms with E-state index in [2.05, 4.69) is 15.4 Å². The maximum Gasteiger partial charge on any atom is 0.281 e. The van der Waals surface area contributed by atoms with Gasteiger partial charge in [-0.3, -0.25) is 9.59 Å². The molecule has 2 aromatic heterocycles. The summed E-state index contributed by atoms with van der Waals surface area (Å²) in [5, 5.41) is 16.5. The lowest BCUT2D eigenvalue weighted by Gasteiger charge is -2.10. The number of aryl methyl sites for hydroxylation is 2. The van der Waals surface area contributed by atoms with Crippen molar-refractivity contribution < 1.29 is 9.90 Å². The molecule has 0 spiro atoms. The van der Waals surface area contributed by atoms with E-state index in [0.29, 0.717) is 11.5 Å². The maximum atomic E-state index is 12.4. The molecular weight excluding hydrogens is 320 g/mol. The number of amides is 1. The standard InChI is InChI=1S/C18H16N4O3/c1-11-4-3-5-13(8-11)22-16(24)10-14(23)17(21-22)18(25)20-15-9-12(2)6-7-19-15/h3-10,23H,1-2H3,(H,19,20,25). The number of nitrogens with one attached hydrogen (secondary N) is 1. The molecule has 3 aromatic rings. The first kappa shape index (κ1) is 16.4. The van der Waals surface area contributed by atoms with Crippen LogP contribution in [0.15, 0.2) is 53.5 Å². The van der Waals surface area contributed by atoms with Crippen molar-refractivity contribution in [3.05, 3.63) is 75.8 Å². The van der Waals surface area contributed by atoms with Crippen molar-refractivity contribution >= 4 is 11.7 Å². The lowest BCUT2D eigenvalue weighted by atomic mass is 10.2. The molecule has 0 aliphatic carbocycles. The van der Waals surface area contributed by atoms with Gasteiger partial charge < -0.3 is 10.4 Å². The molecule has 0 fully saturated rings. The molecular formula is C18H16N4O3. The second-order valence-corrected chi connectivity index (χ2v) is 5.64. The number of hydrogen-bond donors (Lipinski definition) is 2. The van der Waals surface area contributed by atoms with Crippen LogP contribution in [0.4, 0.5) is 5.82 Å². The van der Waals surface area contributed by atoms with E-state index in [1.54, 1.807) is 36.5 Å². The third-order valence-electron chi connectivity index (χ3n) is 3.53. The summed E-state index contributed by atoms with van der Waals surface area (Å²) in [4.78, 5) is 28.6. The van der Waals surface area contributed by atoms with Gasteiger partial charge in [0.15, 0.2) is 11.4 Å². The molecule has 25 heavy (non-hydrogen) atoms. The first-order valence-electron chi connectivity index (χ1n) is 7.58. The largest absolute Gasteiger partial charge is 0.505 e. The Hall–Kier alpha value is -3.48. The molecule has 0 aliphatic rings. The highest BCUT2D eigenvalue weighted by Gasteiger charge is 2.17. The SMILES string of the molecule is Cc1cccc(-n2nc(C(=O)Nc3cc(C)ccn3)c(O)cc2=O)c1. The molecule has 126 valence electrons. The first-order valence-corrected chi connectivity index (χ1v) is 7.58. The smallest absolute Gasteiger partial charge is 0.281 e. The summed E-state index contributed by atoms with van der Waals surface area (Å²) in [5.74, 6) is -0.810. The maximum absolute atomic E-state index is 12.4. The van der Waals surface area contributed by atoms with Crippen LogP contribution in [0.1, 0.15) is 21.6 Å². The molecule has 1 aromatic carbocycles. The Labute approximate surface area is 143 Å². The van der Waals surface area contributed by atoms with Crippen LogP contribution in [0.3, 0.4) is 0 Å². The second-order valence-electron chi connectivity index (χ2n) is 5.64. The number of nitrogens with zero attached hydrogens (tertiary/aromatic N) is 3. The molecule has 7 heteroatoms. The van der Waals surface area contributed by atoms with E-state index in [1.807, 2.05) is 19.9 Å². The number of carbonyl (C=O) groups is 1. The highest BCUT2D eigenvalue weighted by Crippen LogP contribution is 2.15. The van der Waals surface area contributed by atoms with E-state index in [-0.39, 0.29) is 5.69 Å². The first-order chi connectivity index (χ1) is 11.9. The van der Waals surface area contributed by atoms with Crippen LogP contribution in [0.25, 0.3) is 5.69 Å². The van der Waals surface area contributed by atoms with Gasteiger partial charge in [-0.15, -0.1) is 0 Å². The fourth-order valence-electron chi connectivity index (χ4n) is 2.33. The Balaban J connectivity index is 2.00. The minimum absolute atomic E-state index is 0.260. The van der Waals surface area contributed by atoms with Crippen molar-refractivity contribution in [1.29, 1.82) is 0 Å². The number of rotatable bonds is 3. The lowest BCUT2D eigenvalue weighted by Crippen LogP contribution is -2.25. The van der Waals surface area contributed by atoms with E-state index < -0.39 is 17.2 Å². The van der Waals surface area contributed by atoms with Gasteiger partial charge in [0, 0.05) is 12.3 Å². The highest BCUT2D eigenvalue weighted by molar-refractivity contribution is 6.04. The third-order valence-corrected chi connectivity index (χ3v) is 3.53. The van der Waals surface area contributed by atoms with Gasteiger partial charge in [0.1, 0.15) is 5.82 Å². The normalized spacial score (nSPS) is 10.5. The predicted molar refractivity (Wildman–Crippen MR) is 93.2 cm³/mol. The Kier molecular flexibility index (Phi) is 4.30. The predicted octanol–water partition coefficient (Wildman–Crippen LogP) is 2.20. The van der Waals surface area contributed by atoms with Crippen LogP contribution in [-0.2, 0) is 0 Å². The van der Waals surface area contributed by atoms with Crippen molar-refractivity contribution in [2.45, 2.75) is 13.8 Å². The molecule has 0 radical (unpaired) electrons. The van der Waals surface area contributed by atoms with Gasteiger partial charge in [-0.25, -0.2) is 4.98 Å². The average Bonchev–Trinajstić information content (AvgIpc) is 2.54. The van der Waals surface area contributed by atoms with E-state index in [9.17, 15) is 14.7 Å². The van der Waals surface area contributed by atoms with Crippen LogP contribution < -0.4 is 10.9 Å². The van der Waals surface area contributed by atoms with Crippen LogP contribution >= 0.6 is 0 Å². The van der Waals surface area contributed by atoms with Crippen LogP contribution in [-0.4, -0.2) is 25.8 Å². The summed E-state index contributed by atoms with van der Waals surface area (Å²) in [6, 6.07) is 11.6. The van der Waals surface area contributed by atoms with Gasteiger partial charge in [-0.1, -0.05) is 12.1 Å². The van der Waals surface area contributed by atoms with Gasteiger partial charge >= 0.3 is 0 Å². The molecule has 3 rings (SSSR count). The Morgan fingerprint density at radius 1 is 1.12 bits per heavy atom. The lowest BCUT2D eigenvalue weighted by molar-refractivity contribution is 0.101. The van der Waals surface area contributed by atoms with Gasteiger partial charge in [-0.05, 0) is 49.2 Å². The molecule has 0 aliphatic heterocycles. The molecule has 1 amide bonds. The fraction of sp³-hybridized carbons (Fsp3) is 0.111. The number of pyridine rings is 1. The number of benzene rings is 1. The van der Waals surface area contributed by atoms with Crippen molar-refractivity contribution in [2.75, 3.05) is 5.32 Å². The molecule has 2 heterocycles. The summed E-state index contributed by atoms with van der Waals surface area (Å²) in [6.45, 7) is 3.75. The third kappa shape index (κ3) is 3.55. The van der Waals surface area contributed by atoms with E-state index in [4.69, 9.17) is 0 Å². The number of hydrogen-bond acceptors (Lipinski definition) is 5. The minimum Gasteiger partial charge on any atom is -0.505 e. The summed E-state index contributed by atoms with van der Waals surface area (Å²) in [5.41, 5.74) is 1.58. The topological polar surface area (TPSA) is 97.1 Å². The highest BCUT2D eigenvalue weighted by atomic mass is 16.3.